The summed E-state index contributed by atoms with van der Waals surface area (Å²) in [5.41, 5.74) is 35.0. The minimum absolute atomic E-state index is 0.169. The van der Waals surface area contributed by atoms with Crippen LogP contribution in [0.3, 0.4) is 0 Å². The molecule has 3 aromatic heterocycles. The van der Waals surface area contributed by atoms with Crippen molar-refractivity contribution in [1.29, 1.82) is 0 Å². The molecule has 0 aliphatic heterocycles. The van der Waals surface area contributed by atoms with E-state index in [4.69, 9.17) is 34.3 Å². The largest absolute Gasteiger partial charge is 0.456 e. The highest BCUT2D eigenvalue weighted by molar-refractivity contribution is 6.06. The van der Waals surface area contributed by atoms with Crippen molar-refractivity contribution in [2.45, 2.75) is 63.2 Å². The maximum atomic E-state index is 6.37. The van der Waals surface area contributed by atoms with Crippen LogP contribution in [0.1, 0.15) is 114 Å². The first-order valence-electron chi connectivity index (χ1n) is 40.5. The van der Waals surface area contributed by atoms with Crippen molar-refractivity contribution >= 4 is 33.1 Å². The van der Waals surface area contributed by atoms with Crippen LogP contribution in [0.25, 0.3) is 146 Å². The molecule has 15 aromatic carbocycles. The molecule has 22 rings (SSSR count). The molecule has 0 N–H and O–H groups in total. The Morgan fingerprint density at radius 3 is 1.31 bits per heavy atom. The molecule has 0 amide bonds. The third-order valence-corrected chi connectivity index (χ3v) is 25.8. The minimum Gasteiger partial charge on any atom is -0.456 e. The molecule has 2 spiro atoms. The van der Waals surface area contributed by atoms with Gasteiger partial charge in [-0.15, -0.1) is 0 Å². The summed E-state index contributed by atoms with van der Waals surface area (Å²) in [6.07, 6.45) is 2.42. The van der Waals surface area contributed by atoms with Crippen LogP contribution in [-0.4, -0.2) is 29.9 Å². The van der Waals surface area contributed by atoms with Crippen LogP contribution in [0.15, 0.2) is 374 Å². The van der Waals surface area contributed by atoms with Gasteiger partial charge in [0.25, 0.3) is 0 Å². The number of nitrogens with zero attached hydrogens (tertiary/aromatic N) is 6. The number of para-hydroxylation sites is 1. The van der Waals surface area contributed by atoms with Gasteiger partial charge in [0.1, 0.15) is 11.2 Å². The Morgan fingerprint density at radius 1 is 0.256 bits per heavy atom. The fourth-order valence-corrected chi connectivity index (χ4v) is 20.2. The van der Waals surface area contributed by atoms with Crippen molar-refractivity contribution in [2.75, 3.05) is 0 Å². The Balaban J connectivity index is 0.617. The Morgan fingerprint density at radius 2 is 0.658 bits per heavy atom. The standard InChI is InChI=1S/C110H78N6O/c1-67(62-86-68(2)109(87-44-18-15-39-81(86)87)92-49-23-20-46-89(92)107(3,4)90-47-21-24-50-93(90)109)73-34-27-37-77(63-73)104-113-102(71-32-11-8-12-33-71)115-106(116-104)84-41-14-13-38-79(84)76-36-28-35-74(64-76)75-59-61-95-97(65-75)108(5,6)91-48-22-25-51-94(91)110(95)88-45-19-16-42-85(88)100-80(43-29-52-96(100)110)69-54-56-72(57-55-69)103-111-101(70-30-9-7-10-31-70)112-105(114-103)78-58-60-83-82-40-17-26-53-98(82)117-99(83)66-78/h7-66H,1-6H3/b67-62+. The lowest BCUT2D eigenvalue weighted by molar-refractivity contribution is 0.558. The highest BCUT2D eigenvalue weighted by Gasteiger charge is 2.55. The molecule has 18 aromatic rings. The molecular weight excluding hydrogens is 1420 g/mol. The van der Waals surface area contributed by atoms with Crippen LogP contribution in [0.4, 0.5) is 0 Å². The first-order valence-corrected chi connectivity index (χ1v) is 40.5. The van der Waals surface area contributed by atoms with E-state index >= 15 is 0 Å². The smallest absolute Gasteiger partial charge is 0.164 e. The van der Waals surface area contributed by atoms with Gasteiger partial charge in [-0.3, -0.25) is 0 Å². The lowest BCUT2D eigenvalue weighted by Crippen LogP contribution is -2.40. The van der Waals surface area contributed by atoms with Crippen molar-refractivity contribution in [2.24, 2.45) is 0 Å². The highest BCUT2D eigenvalue weighted by Crippen LogP contribution is 2.65. The van der Waals surface area contributed by atoms with E-state index in [1.807, 2.05) is 72.8 Å². The van der Waals surface area contributed by atoms with Crippen molar-refractivity contribution in [1.82, 2.24) is 29.9 Å². The SMILES string of the molecule is CC1=C(/C=C(\C)c2cccc(-c3nc(-c4ccccc4)nc(-c4ccccc4-c4cccc(-c5ccc6c(c5)C(C)(C)c5ccccc5C65c6ccccc6-c6c(-c7ccc(-c8nc(-c9ccccc9)nc(-c9ccc%10c(c9)oc9ccccc9%10)n8)cc7)cccc65)c4)n3)c2)c2ccccc2C12c1ccccc1C(C)(C)c1ccccc12. The summed E-state index contributed by atoms with van der Waals surface area (Å²) in [5.74, 6) is 3.57. The zero-order valence-electron chi connectivity index (χ0n) is 65.7. The van der Waals surface area contributed by atoms with E-state index in [0.717, 1.165) is 99.8 Å². The number of hydrogen-bond acceptors (Lipinski definition) is 7. The predicted octanol–water partition coefficient (Wildman–Crippen LogP) is 26.8. The van der Waals surface area contributed by atoms with Crippen LogP contribution >= 0.6 is 0 Å². The van der Waals surface area contributed by atoms with Crippen molar-refractivity contribution < 1.29 is 4.42 Å². The van der Waals surface area contributed by atoms with Crippen LogP contribution in [0.2, 0.25) is 0 Å². The summed E-state index contributed by atoms with van der Waals surface area (Å²) in [6, 6.07) is 130. The Hall–Kier alpha value is -14.4. The first kappa shape index (κ1) is 69.3. The Kier molecular flexibility index (Phi) is 15.8. The van der Waals surface area contributed by atoms with Gasteiger partial charge < -0.3 is 4.42 Å². The zero-order chi connectivity index (χ0) is 78.5. The molecule has 0 saturated carbocycles. The van der Waals surface area contributed by atoms with Gasteiger partial charge in [0, 0.05) is 55.0 Å². The summed E-state index contributed by atoms with van der Waals surface area (Å²) in [5, 5.41) is 2.13. The molecule has 4 aliphatic carbocycles. The molecule has 1 unspecified atom stereocenters. The molecular formula is C110H78N6O. The van der Waals surface area contributed by atoms with Crippen LogP contribution in [0, 0.1) is 0 Å². The van der Waals surface area contributed by atoms with Gasteiger partial charge in [-0.25, -0.2) is 29.9 Å². The molecule has 0 fully saturated rings. The number of benzene rings is 15. The van der Waals surface area contributed by atoms with E-state index in [-0.39, 0.29) is 10.8 Å². The van der Waals surface area contributed by atoms with Crippen LogP contribution < -0.4 is 0 Å². The average molecular weight is 1500 g/mol. The second-order valence-corrected chi connectivity index (χ2v) is 32.8. The number of furan rings is 1. The number of hydrogen-bond donors (Lipinski definition) is 0. The van der Waals surface area contributed by atoms with Crippen molar-refractivity contribution in [3.05, 3.63) is 442 Å². The summed E-state index contributed by atoms with van der Waals surface area (Å²) >= 11 is 0. The molecule has 7 heteroatoms. The molecule has 3 heterocycles. The lowest BCUT2D eigenvalue weighted by Gasteiger charge is -2.47. The van der Waals surface area contributed by atoms with Crippen LogP contribution in [0.5, 0.6) is 0 Å². The molecule has 4 aliphatic rings. The van der Waals surface area contributed by atoms with Gasteiger partial charge in [-0.2, -0.15) is 0 Å². The van der Waals surface area contributed by atoms with Gasteiger partial charge in [0.05, 0.1) is 10.8 Å². The second kappa shape index (κ2) is 26.6. The summed E-state index contributed by atoms with van der Waals surface area (Å²) < 4.78 is 6.37. The average Bonchev–Trinajstić information content (AvgIpc) is 1.57. The molecule has 0 radical (unpaired) electrons. The Labute approximate surface area is 680 Å². The van der Waals surface area contributed by atoms with E-state index in [1.54, 1.807) is 0 Å². The van der Waals surface area contributed by atoms with E-state index in [1.165, 1.54) is 89.0 Å². The number of allylic oxidation sites excluding steroid dienone is 4. The maximum Gasteiger partial charge on any atom is 0.164 e. The Bertz CT molecular complexity index is 7180. The van der Waals surface area contributed by atoms with Crippen molar-refractivity contribution in [3.63, 3.8) is 0 Å². The molecule has 7 nitrogen and oxygen atoms in total. The van der Waals surface area contributed by atoms with Crippen LogP contribution in [-0.2, 0) is 21.7 Å². The van der Waals surface area contributed by atoms with E-state index in [0.29, 0.717) is 34.9 Å². The fourth-order valence-electron chi connectivity index (χ4n) is 20.2. The number of aromatic nitrogens is 6. The van der Waals surface area contributed by atoms with Crippen molar-refractivity contribution in [3.8, 4) is 113 Å². The quantitative estimate of drug-likeness (QED) is 0.127. The summed E-state index contributed by atoms with van der Waals surface area (Å²) in [4.78, 5) is 31.7. The predicted molar refractivity (Wildman–Crippen MR) is 476 cm³/mol. The zero-order valence-corrected chi connectivity index (χ0v) is 65.7. The minimum atomic E-state index is -0.639. The molecule has 1 atom stereocenters. The maximum absolute atomic E-state index is 6.37. The molecule has 554 valence electrons. The number of fused-ring (bicyclic) bond motifs is 18. The molecule has 117 heavy (non-hydrogen) atoms. The topological polar surface area (TPSA) is 90.5 Å². The summed E-state index contributed by atoms with van der Waals surface area (Å²) in [7, 11) is 0. The first-order chi connectivity index (χ1) is 57.3. The van der Waals surface area contributed by atoms with Gasteiger partial charge in [0.2, 0.25) is 0 Å². The van der Waals surface area contributed by atoms with Gasteiger partial charge in [0.15, 0.2) is 34.9 Å². The lowest BCUT2D eigenvalue weighted by atomic mass is 9.55. The molecule has 0 bridgehead atoms. The van der Waals surface area contributed by atoms with Gasteiger partial charge >= 0.3 is 0 Å². The number of rotatable bonds is 11. The normalized spacial score (nSPS) is 15.5. The summed E-state index contributed by atoms with van der Waals surface area (Å²) in [6.45, 7) is 14.2. The molecule has 0 saturated heterocycles. The fraction of sp³-hybridized carbons (Fsp3) is 0.0909. The third-order valence-electron chi connectivity index (χ3n) is 25.8. The highest BCUT2D eigenvalue weighted by atomic mass is 16.3. The van der Waals surface area contributed by atoms with Gasteiger partial charge in [-0.1, -0.05) is 355 Å². The van der Waals surface area contributed by atoms with E-state index < -0.39 is 10.8 Å². The monoisotopic (exact) mass is 1500 g/mol. The second-order valence-electron chi connectivity index (χ2n) is 32.8. The third kappa shape index (κ3) is 10.6. The van der Waals surface area contributed by atoms with E-state index in [9.17, 15) is 0 Å². The van der Waals surface area contributed by atoms with E-state index in [2.05, 4.69) is 333 Å². The van der Waals surface area contributed by atoms with Gasteiger partial charge in [-0.05, 0) is 184 Å².